The molecule has 0 aliphatic rings. The molecule has 3 aromatic rings. The van der Waals surface area contributed by atoms with E-state index < -0.39 is 27.6 Å². The summed E-state index contributed by atoms with van der Waals surface area (Å²) < 4.78 is 33.6. The molecule has 2 aromatic carbocycles. The van der Waals surface area contributed by atoms with E-state index in [-0.39, 0.29) is 17.4 Å². The third-order valence-corrected chi connectivity index (χ3v) is 5.07. The van der Waals surface area contributed by atoms with E-state index in [9.17, 15) is 18.0 Å². The number of carbonyl (C=O) groups excluding carboxylic acids is 2. The second-order valence-electron chi connectivity index (χ2n) is 6.86. The number of amides is 2. The van der Waals surface area contributed by atoms with Crippen LogP contribution in [0.25, 0.3) is 5.69 Å². The summed E-state index contributed by atoms with van der Waals surface area (Å²) in [4.78, 5) is 24.1. The average molecular weight is 459 g/mol. The summed E-state index contributed by atoms with van der Waals surface area (Å²) in [5.41, 5.74) is 5.41. The number of carbonyl (C=O) groups is 2. The fourth-order valence-electron chi connectivity index (χ4n) is 2.54. The van der Waals surface area contributed by atoms with Crippen molar-refractivity contribution in [2.24, 2.45) is 0 Å². The van der Waals surface area contributed by atoms with E-state index >= 15 is 0 Å². The van der Waals surface area contributed by atoms with E-state index in [1.165, 1.54) is 35.3 Å². The SMILES string of the molecule is CC(C)Oc1ccc(NS(=O)(=O)CC(=O)NNC(=O)c2ccc(-n3cnnn3)cc2)cc1. The molecule has 2 amide bonds. The van der Waals surface area contributed by atoms with Crippen molar-refractivity contribution in [3.05, 3.63) is 60.4 Å². The van der Waals surface area contributed by atoms with Crippen molar-refractivity contribution >= 4 is 27.5 Å². The summed E-state index contributed by atoms with van der Waals surface area (Å²) in [5, 5.41) is 10.8. The zero-order valence-electron chi connectivity index (χ0n) is 17.2. The van der Waals surface area contributed by atoms with E-state index in [4.69, 9.17) is 4.74 Å². The molecule has 3 rings (SSSR count). The zero-order valence-corrected chi connectivity index (χ0v) is 18.0. The molecule has 3 N–H and O–H groups in total. The lowest BCUT2D eigenvalue weighted by molar-refractivity contribution is -0.119. The first-order valence-electron chi connectivity index (χ1n) is 9.42. The lowest BCUT2D eigenvalue weighted by atomic mass is 10.2. The molecule has 0 aliphatic carbocycles. The Balaban J connectivity index is 1.49. The molecule has 0 fully saturated rings. The van der Waals surface area contributed by atoms with Gasteiger partial charge in [-0.2, -0.15) is 0 Å². The van der Waals surface area contributed by atoms with E-state index in [2.05, 4.69) is 31.1 Å². The Morgan fingerprint density at radius 3 is 2.31 bits per heavy atom. The van der Waals surface area contributed by atoms with Gasteiger partial charge in [0.05, 0.1) is 11.8 Å². The molecule has 0 spiro atoms. The highest BCUT2D eigenvalue weighted by atomic mass is 32.2. The monoisotopic (exact) mass is 459 g/mol. The number of tetrazole rings is 1. The molecular weight excluding hydrogens is 438 g/mol. The first-order valence-corrected chi connectivity index (χ1v) is 11.1. The van der Waals surface area contributed by atoms with Gasteiger partial charge in [-0.1, -0.05) is 0 Å². The highest BCUT2D eigenvalue weighted by Gasteiger charge is 2.17. The molecule has 0 aliphatic heterocycles. The number of sulfonamides is 1. The van der Waals surface area contributed by atoms with Gasteiger partial charge in [0.2, 0.25) is 10.0 Å². The predicted molar refractivity (Wildman–Crippen MR) is 114 cm³/mol. The van der Waals surface area contributed by atoms with Crippen LogP contribution >= 0.6 is 0 Å². The van der Waals surface area contributed by atoms with Crippen molar-refractivity contribution in [1.82, 2.24) is 31.1 Å². The highest BCUT2D eigenvalue weighted by Crippen LogP contribution is 2.17. The average Bonchev–Trinajstić information content (AvgIpc) is 3.27. The second-order valence-corrected chi connectivity index (χ2v) is 8.58. The van der Waals surface area contributed by atoms with E-state index in [1.807, 2.05) is 13.8 Å². The van der Waals surface area contributed by atoms with Gasteiger partial charge in [-0.3, -0.25) is 25.2 Å². The zero-order chi connectivity index (χ0) is 23.1. The quantitative estimate of drug-likeness (QED) is 0.414. The van der Waals surface area contributed by atoms with Gasteiger partial charge in [0.1, 0.15) is 17.8 Å². The molecule has 0 saturated carbocycles. The number of hydrogen-bond donors (Lipinski definition) is 3. The molecule has 1 aromatic heterocycles. The molecule has 168 valence electrons. The number of aromatic nitrogens is 4. The third-order valence-electron chi connectivity index (χ3n) is 3.88. The second kappa shape index (κ2) is 9.87. The molecular formula is C19H21N7O5S. The number of rotatable bonds is 8. The van der Waals surface area contributed by atoms with E-state index in [1.54, 1.807) is 24.3 Å². The Kier molecular flexibility index (Phi) is 7.00. The standard InChI is InChI=1S/C19H21N7O5S/c1-13(2)31-17-9-5-15(6-10-17)23-32(29,30)11-18(27)21-22-19(28)14-3-7-16(8-4-14)26-12-20-24-25-26/h3-10,12-13,23H,11H2,1-2H3,(H,21,27)(H,22,28). The number of hydrogen-bond acceptors (Lipinski definition) is 8. The van der Waals surface area contributed by atoms with Crippen molar-refractivity contribution in [1.29, 1.82) is 0 Å². The van der Waals surface area contributed by atoms with Crippen LogP contribution in [0.4, 0.5) is 5.69 Å². The summed E-state index contributed by atoms with van der Waals surface area (Å²) in [5.74, 6) is -1.81. The van der Waals surface area contributed by atoms with E-state index in [0.717, 1.165) is 0 Å². The van der Waals surface area contributed by atoms with Crippen LogP contribution in [-0.2, 0) is 14.8 Å². The Morgan fingerprint density at radius 1 is 1.03 bits per heavy atom. The van der Waals surface area contributed by atoms with Gasteiger partial charge in [-0.15, -0.1) is 5.10 Å². The van der Waals surface area contributed by atoms with Gasteiger partial charge in [0.25, 0.3) is 11.8 Å². The number of nitrogens with zero attached hydrogens (tertiary/aromatic N) is 4. The first-order chi connectivity index (χ1) is 15.2. The lowest BCUT2D eigenvalue weighted by Crippen LogP contribution is -2.44. The van der Waals surface area contributed by atoms with Crippen LogP contribution in [0, 0.1) is 0 Å². The summed E-state index contributed by atoms with van der Waals surface area (Å²) in [6, 6.07) is 12.5. The van der Waals surface area contributed by atoms with E-state index in [0.29, 0.717) is 11.4 Å². The largest absolute Gasteiger partial charge is 0.491 e. The number of nitrogens with one attached hydrogen (secondary N) is 3. The molecule has 0 unspecified atom stereocenters. The van der Waals surface area contributed by atoms with Crippen molar-refractivity contribution in [2.45, 2.75) is 20.0 Å². The topological polar surface area (TPSA) is 157 Å². The molecule has 0 saturated heterocycles. The number of benzene rings is 2. The fraction of sp³-hybridized carbons (Fsp3) is 0.211. The van der Waals surface area contributed by atoms with Crippen LogP contribution in [0.1, 0.15) is 24.2 Å². The molecule has 32 heavy (non-hydrogen) atoms. The predicted octanol–water partition coefficient (Wildman–Crippen LogP) is 0.652. The van der Waals surface area contributed by atoms with Gasteiger partial charge < -0.3 is 4.74 Å². The Bertz CT molecular complexity index is 1160. The first kappa shape index (κ1) is 22.7. The fourth-order valence-corrected chi connectivity index (χ4v) is 3.53. The third kappa shape index (κ3) is 6.50. The van der Waals surface area contributed by atoms with Crippen LogP contribution in [-0.4, -0.2) is 52.3 Å². The van der Waals surface area contributed by atoms with Gasteiger partial charge in [-0.25, -0.2) is 13.1 Å². The van der Waals surface area contributed by atoms with Crippen LogP contribution in [0.5, 0.6) is 5.75 Å². The van der Waals surface area contributed by atoms with Crippen LogP contribution in [0.15, 0.2) is 54.9 Å². The molecule has 12 nitrogen and oxygen atoms in total. The Labute approximate surface area is 184 Å². The molecule has 0 atom stereocenters. The van der Waals surface area contributed by atoms with Gasteiger partial charge in [-0.05, 0) is 72.8 Å². The van der Waals surface area contributed by atoms with Gasteiger partial charge >= 0.3 is 0 Å². The van der Waals surface area contributed by atoms with Crippen LogP contribution in [0.3, 0.4) is 0 Å². The molecule has 1 heterocycles. The summed E-state index contributed by atoms with van der Waals surface area (Å²) >= 11 is 0. The Hall–Kier alpha value is -4.00. The summed E-state index contributed by atoms with van der Waals surface area (Å²) in [7, 11) is -3.99. The highest BCUT2D eigenvalue weighted by molar-refractivity contribution is 7.93. The molecule has 0 radical (unpaired) electrons. The normalized spacial score (nSPS) is 11.1. The maximum Gasteiger partial charge on any atom is 0.269 e. The number of hydrazine groups is 1. The van der Waals surface area contributed by atoms with Crippen molar-refractivity contribution < 1.29 is 22.7 Å². The Morgan fingerprint density at radius 2 is 1.72 bits per heavy atom. The maximum atomic E-state index is 12.2. The van der Waals surface area contributed by atoms with Crippen molar-refractivity contribution in [3.8, 4) is 11.4 Å². The molecule has 0 bridgehead atoms. The lowest BCUT2D eigenvalue weighted by Gasteiger charge is -2.12. The van der Waals surface area contributed by atoms with Crippen molar-refractivity contribution in [2.75, 3.05) is 10.5 Å². The van der Waals surface area contributed by atoms with Crippen molar-refractivity contribution in [3.63, 3.8) is 0 Å². The minimum absolute atomic E-state index is 0.0135. The van der Waals surface area contributed by atoms with Gasteiger partial charge in [0.15, 0.2) is 0 Å². The maximum absolute atomic E-state index is 12.2. The smallest absolute Gasteiger partial charge is 0.269 e. The van der Waals surface area contributed by atoms with Gasteiger partial charge in [0, 0.05) is 11.3 Å². The number of ether oxygens (including phenoxy) is 1. The summed E-state index contributed by atoms with van der Waals surface area (Å²) in [6.07, 6.45) is 1.39. The minimum Gasteiger partial charge on any atom is -0.491 e. The van der Waals surface area contributed by atoms with Crippen LogP contribution in [0.2, 0.25) is 0 Å². The minimum atomic E-state index is -3.99. The van der Waals surface area contributed by atoms with Crippen LogP contribution < -0.4 is 20.3 Å². The number of anilines is 1. The molecule has 13 heteroatoms. The summed E-state index contributed by atoms with van der Waals surface area (Å²) in [6.45, 7) is 3.75.